The summed E-state index contributed by atoms with van der Waals surface area (Å²) in [5.74, 6) is 1.03. The van der Waals surface area contributed by atoms with Crippen molar-refractivity contribution in [1.82, 2.24) is 0 Å². The molecule has 5 nitrogen and oxygen atoms in total. The molecule has 174 valence electrons. The fourth-order valence-corrected chi connectivity index (χ4v) is 3.54. The number of nitrogens with zero attached hydrogens (tertiary/aromatic N) is 1. The van der Waals surface area contributed by atoms with Crippen LogP contribution in [-0.4, -0.2) is 19.0 Å². The fourth-order valence-electron chi connectivity index (χ4n) is 3.54. The molecule has 3 aromatic rings. The van der Waals surface area contributed by atoms with E-state index in [1.165, 1.54) is 11.1 Å². The van der Waals surface area contributed by atoms with Crippen LogP contribution >= 0.6 is 0 Å². The number of esters is 1. The number of hydrogen-bond acceptors (Lipinski definition) is 5. The highest BCUT2D eigenvalue weighted by Gasteiger charge is 2.25. The van der Waals surface area contributed by atoms with Crippen LogP contribution in [0.1, 0.15) is 48.6 Å². The van der Waals surface area contributed by atoms with Crippen molar-refractivity contribution in [1.29, 1.82) is 0 Å². The number of aryl methyl sites for hydroxylation is 1. The summed E-state index contributed by atoms with van der Waals surface area (Å²) in [6, 6.07) is 21.6. The van der Waals surface area contributed by atoms with Crippen molar-refractivity contribution in [2.45, 2.75) is 39.7 Å². The second-order valence-electron chi connectivity index (χ2n) is 9.35. The monoisotopic (exact) mass is 455 g/mol. The van der Waals surface area contributed by atoms with Gasteiger partial charge in [0.2, 0.25) is 5.90 Å². The van der Waals surface area contributed by atoms with Gasteiger partial charge in [-0.3, -0.25) is 0 Å². The molecule has 0 aromatic heterocycles. The average molecular weight is 456 g/mol. The summed E-state index contributed by atoms with van der Waals surface area (Å²) in [5, 5.41) is 0. The molecule has 0 radical (unpaired) electrons. The first kappa shape index (κ1) is 23.3. The summed E-state index contributed by atoms with van der Waals surface area (Å²) in [7, 11) is 1.59. The number of aliphatic imine (C=N–C) groups is 1. The second kappa shape index (κ2) is 9.56. The van der Waals surface area contributed by atoms with E-state index in [-0.39, 0.29) is 11.1 Å². The molecule has 5 heteroatoms. The zero-order valence-electron chi connectivity index (χ0n) is 20.2. The quantitative estimate of drug-likeness (QED) is 0.327. The Morgan fingerprint density at radius 1 is 0.941 bits per heavy atom. The van der Waals surface area contributed by atoms with Gasteiger partial charge >= 0.3 is 5.97 Å². The zero-order chi connectivity index (χ0) is 24.3. The maximum atomic E-state index is 12.4. The van der Waals surface area contributed by atoms with Crippen molar-refractivity contribution in [3.63, 3.8) is 0 Å². The first-order chi connectivity index (χ1) is 16.2. The highest BCUT2D eigenvalue weighted by Crippen LogP contribution is 2.31. The fraction of sp³-hybridized carbons (Fsp3) is 0.241. The molecule has 0 unspecified atom stereocenters. The van der Waals surface area contributed by atoms with Gasteiger partial charge in [-0.2, -0.15) is 0 Å². The van der Waals surface area contributed by atoms with Crippen LogP contribution in [0.25, 0.3) is 6.08 Å². The third kappa shape index (κ3) is 5.37. The number of cyclic esters (lactones) is 1. The standard InChI is InChI=1S/C29H29NO4/c1-19-6-8-20(9-7-19)18-33-25-15-10-21(17-26(25)32-5)16-24-28(31)34-27(30-24)22-11-13-23(14-12-22)29(2,3)4/h6-17H,18H2,1-5H3/b24-16-. The van der Waals surface area contributed by atoms with Crippen LogP contribution in [-0.2, 0) is 21.6 Å². The SMILES string of the molecule is COc1cc(/C=C2\N=C(c3ccc(C(C)(C)C)cc3)OC2=O)ccc1OCc1ccc(C)cc1. The second-order valence-corrected chi connectivity index (χ2v) is 9.35. The normalized spacial score (nSPS) is 14.7. The Morgan fingerprint density at radius 2 is 1.65 bits per heavy atom. The maximum absolute atomic E-state index is 12.4. The molecule has 0 amide bonds. The Hall–Kier alpha value is -3.86. The minimum atomic E-state index is -0.478. The van der Waals surface area contributed by atoms with Gasteiger partial charge in [0.25, 0.3) is 0 Å². The molecule has 34 heavy (non-hydrogen) atoms. The number of carbonyl (C=O) groups is 1. The summed E-state index contributed by atoms with van der Waals surface area (Å²) >= 11 is 0. The predicted octanol–water partition coefficient (Wildman–Crippen LogP) is 6.22. The van der Waals surface area contributed by atoms with Gasteiger partial charge in [-0.25, -0.2) is 9.79 Å². The van der Waals surface area contributed by atoms with Crippen LogP contribution in [0.3, 0.4) is 0 Å². The van der Waals surface area contributed by atoms with Gasteiger partial charge < -0.3 is 14.2 Å². The number of methoxy groups -OCH3 is 1. The summed E-state index contributed by atoms with van der Waals surface area (Å²) in [6.07, 6.45) is 1.69. The molecule has 0 saturated carbocycles. The molecule has 0 atom stereocenters. The van der Waals surface area contributed by atoms with E-state index in [1.54, 1.807) is 13.2 Å². The van der Waals surface area contributed by atoms with E-state index in [1.807, 2.05) is 54.6 Å². The molecular formula is C29H29NO4. The third-order valence-electron chi connectivity index (χ3n) is 5.62. The summed E-state index contributed by atoms with van der Waals surface area (Å²) < 4.78 is 16.9. The molecule has 0 fully saturated rings. The molecule has 1 aliphatic heterocycles. The van der Waals surface area contributed by atoms with Crippen molar-refractivity contribution in [3.8, 4) is 11.5 Å². The van der Waals surface area contributed by atoms with Gasteiger partial charge in [-0.1, -0.05) is 68.8 Å². The van der Waals surface area contributed by atoms with E-state index in [0.717, 1.165) is 16.7 Å². The molecule has 1 heterocycles. The minimum absolute atomic E-state index is 0.0484. The number of carbonyl (C=O) groups excluding carboxylic acids is 1. The number of hydrogen-bond donors (Lipinski definition) is 0. The van der Waals surface area contributed by atoms with E-state index in [2.05, 4.69) is 44.8 Å². The molecule has 0 bridgehead atoms. The lowest BCUT2D eigenvalue weighted by Gasteiger charge is -2.18. The Morgan fingerprint density at radius 3 is 2.29 bits per heavy atom. The minimum Gasteiger partial charge on any atom is -0.493 e. The van der Waals surface area contributed by atoms with E-state index in [0.29, 0.717) is 24.0 Å². The number of benzene rings is 3. The van der Waals surface area contributed by atoms with Crippen LogP contribution < -0.4 is 9.47 Å². The lowest BCUT2D eigenvalue weighted by Crippen LogP contribution is -2.11. The third-order valence-corrected chi connectivity index (χ3v) is 5.62. The first-order valence-corrected chi connectivity index (χ1v) is 11.2. The van der Waals surface area contributed by atoms with E-state index in [4.69, 9.17) is 14.2 Å². The van der Waals surface area contributed by atoms with Crippen LogP contribution in [0.15, 0.2) is 77.4 Å². The van der Waals surface area contributed by atoms with Crippen molar-refractivity contribution in [2.24, 2.45) is 4.99 Å². The van der Waals surface area contributed by atoms with Gasteiger partial charge in [-0.15, -0.1) is 0 Å². The topological polar surface area (TPSA) is 57.1 Å². The van der Waals surface area contributed by atoms with Crippen molar-refractivity contribution < 1.29 is 19.0 Å². The average Bonchev–Trinajstić information content (AvgIpc) is 3.18. The van der Waals surface area contributed by atoms with Gasteiger partial charge in [0.05, 0.1) is 7.11 Å². The van der Waals surface area contributed by atoms with Gasteiger partial charge in [-0.05, 0) is 59.4 Å². The highest BCUT2D eigenvalue weighted by molar-refractivity contribution is 6.12. The Kier molecular flexibility index (Phi) is 6.55. The molecule has 0 N–H and O–H groups in total. The number of ether oxygens (including phenoxy) is 3. The molecule has 0 aliphatic carbocycles. The molecule has 0 saturated heterocycles. The van der Waals surface area contributed by atoms with Crippen LogP contribution in [0.2, 0.25) is 0 Å². The molecule has 1 aliphatic rings. The van der Waals surface area contributed by atoms with Gasteiger partial charge in [0.1, 0.15) is 6.61 Å². The first-order valence-electron chi connectivity index (χ1n) is 11.2. The lowest BCUT2D eigenvalue weighted by molar-refractivity contribution is -0.129. The van der Waals surface area contributed by atoms with Crippen LogP contribution in [0.5, 0.6) is 11.5 Å². The van der Waals surface area contributed by atoms with Crippen molar-refractivity contribution in [3.05, 3.63) is 100 Å². The Bertz CT molecular complexity index is 1250. The summed E-state index contributed by atoms with van der Waals surface area (Å²) in [4.78, 5) is 16.9. The Balaban J connectivity index is 1.51. The van der Waals surface area contributed by atoms with E-state index >= 15 is 0 Å². The van der Waals surface area contributed by atoms with Crippen LogP contribution in [0.4, 0.5) is 0 Å². The smallest absolute Gasteiger partial charge is 0.363 e. The summed E-state index contributed by atoms with van der Waals surface area (Å²) in [5.41, 5.74) is 5.30. The van der Waals surface area contributed by atoms with Gasteiger partial charge in [0.15, 0.2) is 17.2 Å². The van der Waals surface area contributed by atoms with Gasteiger partial charge in [0, 0.05) is 5.56 Å². The lowest BCUT2D eigenvalue weighted by atomic mass is 9.87. The summed E-state index contributed by atoms with van der Waals surface area (Å²) in [6.45, 7) is 8.96. The molecule has 0 spiro atoms. The molecule has 3 aromatic carbocycles. The Labute approximate surface area is 200 Å². The van der Waals surface area contributed by atoms with E-state index in [9.17, 15) is 4.79 Å². The molecule has 4 rings (SSSR count). The zero-order valence-corrected chi connectivity index (χ0v) is 20.2. The molecular weight excluding hydrogens is 426 g/mol. The highest BCUT2D eigenvalue weighted by atomic mass is 16.6. The maximum Gasteiger partial charge on any atom is 0.363 e. The van der Waals surface area contributed by atoms with Crippen LogP contribution in [0, 0.1) is 6.92 Å². The number of rotatable bonds is 6. The van der Waals surface area contributed by atoms with Crippen molar-refractivity contribution >= 4 is 17.9 Å². The largest absolute Gasteiger partial charge is 0.493 e. The van der Waals surface area contributed by atoms with Crippen molar-refractivity contribution in [2.75, 3.05) is 7.11 Å². The predicted molar refractivity (Wildman–Crippen MR) is 134 cm³/mol. The van der Waals surface area contributed by atoms with E-state index < -0.39 is 5.97 Å².